The van der Waals surface area contributed by atoms with Gasteiger partial charge in [-0.05, 0) is 57.9 Å². The van der Waals surface area contributed by atoms with Gasteiger partial charge in [0.2, 0.25) is 0 Å². The first-order chi connectivity index (χ1) is 13.4. The molecule has 0 aromatic carbocycles. The molecule has 0 aromatic rings. The Balaban J connectivity index is 0. The van der Waals surface area contributed by atoms with Gasteiger partial charge in [0.1, 0.15) is 0 Å². The summed E-state index contributed by atoms with van der Waals surface area (Å²) >= 11 is 0. The third-order valence-corrected chi connectivity index (χ3v) is 3.52. The Morgan fingerprint density at radius 3 is 1.46 bits per heavy atom. The molecule has 3 N–H and O–H groups in total. The average Bonchev–Trinajstić information content (AvgIpc) is 2.64. The SMILES string of the molecule is CCCCC/C=C\C/C=C\C/C=C\C/C=C\CCCCN.O=C(O)C(F)(F)F. The smallest absolute Gasteiger partial charge is 0.475 e. The van der Waals surface area contributed by atoms with Gasteiger partial charge in [-0.1, -0.05) is 68.4 Å². The summed E-state index contributed by atoms with van der Waals surface area (Å²) in [5, 5.41) is 7.12. The minimum atomic E-state index is -5.08. The second-order valence-electron chi connectivity index (χ2n) is 6.18. The zero-order valence-corrected chi connectivity index (χ0v) is 17.0. The van der Waals surface area contributed by atoms with Crippen molar-refractivity contribution in [2.75, 3.05) is 6.54 Å². The second-order valence-corrected chi connectivity index (χ2v) is 6.18. The summed E-state index contributed by atoms with van der Waals surface area (Å²) in [6.07, 6.45) is 24.9. The predicted octanol–water partition coefficient (Wildman–Crippen LogP) is 6.72. The monoisotopic (exact) mass is 403 g/mol. The maximum atomic E-state index is 10.6. The van der Waals surface area contributed by atoms with Crippen molar-refractivity contribution in [3.8, 4) is 0 Å². The molecule has 0 aromatic heterocycles. The molecule has 0 atom stereocenters. The van der Waals surface area contributed by atoms with Gasteiger partial charge in [0.05, 0.1) is 0 Å². The lowest BCUT2D eigenvalue weighted by molar-refractivity contribution is -0.192. The van der Waals surface area contributed by atoms with E-state index in [-0.39, 0.29) is 0 Å². The highest BCUT2D eigenvalue weighted by Gasteiger charge is 2.38. The van der Waals surface area contributed by atoms with Crippen molar-refractivity contribution in [1.29, 1.82) is 0 Å². The van der Waals surface area contributed by atoms with E-state index in [4.69, 9.17) is 15.6 Å². The molecular weight excluding hydrogens is 367 g/mol. The van der Waals surface area contributed by atoms with Crippen LogP contribution in [-0.2, 0) is 4.79 Å². The molecule has 0 bridgehead atoms. The van der Waals surface area contributed by atoms with Crippen molar-refractivity contribution in [1.82, 2.24) is 0 Å². The lowest BCUT2D eigenvalue weighted by Crippen LogP contribution is -2.21. The maximum absolute atomic E-state index is 10.6. The molecule has 0 rings (SSSR count). The van der Waals surface area contributed by atoms with Crippen LogP contribution >= 0.6 is 0 Å². The minimum Gasteiger partial charge on any atom is -0.475 e. The summed E-state index contributed by atoms with van der Waals surface area (Å²) in [4.78, 5) is 8.90. The number of aliphatic carboxylic acids is 1. The van der Waals surface area contributed by atoms with Gasteiger partial charge in [0.25, 0.3) is 0 Å². The number of alkyl halides is 3. The van der Waals surface area contributed by atoms with Crippen LogP contribution in [0.1, 0.15) is 71.1 Å². The highest BCUT2D eigenvalue weighted by molar-refractivity contribution is 5.73. The Kier molecular flexibility index (Phi) is 21.8. The fourth-order valence-corrected chi connectivity index (χ4v) is 1.97. The lowest BCUT2D eigenvalue weighted by Gasteiger charge is -1.93. The van der Waals surface area contributed by atoms with Crippen molar-refractivity contribution in [3.63, 3.8) is 0 Å². The molecule has 3 nitrogen and oxygen atoms in total. The van der Waals surface area contributed by atoms with Crippen molar-refractivity contribution in [3.05, 3.63) is 48.6 Å². The van der Waals surface area contributed by atoms with E-state index in [0.29, 0.717) is 0 Å². The molecule has 0 aliphatic heterocycles. The maximum Gasteiger partial charge on any atom is 0.490 e. The van der Waals surface area contributed by atoms with Gasteiger partial charge < -0.3 is 10.8 Å². The Labute approximate surface area is 167 Å². The van der Waals surface area contributed by atoms with E-state index in [2.05, 4.69) is 55.5 Å². The number of halogens is 3. The molecule has 0 aliphatic rings. The van der Waals surface area contributed by atoms with Gasteiger partial charge in [-0.3, -0.25) is 0 Å². The lowest BCUT2D eigenvalue weighted by atomic mass is 10.2. The Morgan fingerprint density at radius 2 is 1.14 bits per heavy atom. The number of hydrogen-bond acceptors (Lipinski definition) is 2. The molecule has 0 radical (unpaired) electrons. The summed E-state index contributed by atoms with van der Waals surface area (Å²) in [6.45, 7) is 3.06. The van der Waals surface area contributed by atoms with E-state index in [1.807, 2.05) is 0 Å². The highest BCUT2D eigenvalue weighted by atomic mass is 19.4. The third-order valence-electron chi connectivity index (χ3n) is 3.52. The number of carboxylic acids is 1. The molecule has 0 saturated carbocycles. The van der Waals surface area contributed by atoms with Gasteiger partial charge in [-0.15, -0.1) is 0 Å². The van der Waals surface area contributed by atoms with Gasteiger partial charge in [-0.2, -0.15) is 13.2 Å². The Hall–Kier alpha value is -1.82. The van der Waals surface area contributed by atoms with Crippen LogP contribution in [0.15, 0.2) is 48.6 Å². The number of carboxylic acid groups (broad SMARTS) is 1. The summed E-state index contributed by atoms with van der Waals surface area (Å²) in [6, 6.07) is 0. The quantitative estimate of drug-likeness (QED) is 0.250. The van der Waals surface area contributed by atoms with Crippen LogP contribution in [0.2, 0.25) is 0 Å². The molecular formula is C22H36F3NO2. The normalized spacial score (nSPS) is 12.3. The molecule has 0 amide bonds. The molecule has 0 spiro atoms. The van der Waals surface area contributed by atoms with Crippen molar-refractivity contribution in [2.24, 2.45) is 5.73 Å². The van der Waals surface area contributed by atoms with Crippen molar-refractivity contribution in [2.45, 2.75) is 77.3 Å². The molecule has 0 unspecified atom stereocenters. The van der Waals surface area contributed by atoms with Crippen LogP contribution in [0.4, 0.5) is 13.2 Å². The minimum absolute atomic E-state index is 0.813. The standard InChI is InChI=1S/C20H35N.C2HF3O2/c1-2-3-4-5-6-7-8-9-10-11-12-13-14-15-16-17-18-19-20-21;3-2(4,5)1(6)7/h6-7,9-10,12-13,15-16H,2-5,8,11,14,17-21H2,1H3;(H,6,7)/b7-6-,10-9-,13-12-,16-15-;. The summed E-state index contributed by atoms with van der Waals surface area (Å²) in [5.41, 5.74) is 5.45. The molecule has 28 heavy (non-hydrogen) atoms. The van der Waals surface area contributed by atoms with E-state index >= 15 is 0 Å². The number of rotatable bonds is 14. The number of carbonyl (C=O) groups is 1. The molecule has 162 valence electrons. The molecule has 0 saturated heterocycles. The van der Waals surface area contributed by atoms with Crippen LogP contribution in [0.5, 0.6) is 0 Å². The highest BCUT2D eigenvalue weighted by Crippen LogP contribution is 2.13. The zero-order chi connectivity index (χ0) is 21.5. The number of nitrogens with two attached hydrogens (primary N) is 1. The van der Waals surface area contributed by atoms with Crippen molar-refractivity contribution < 1.29 is 23.1 Å². The molecule has 6 heteroatoms. The fraction of sp³-hybridized carbons (Fsp3) is 0.591. The van der Waals surface area contributed by atoms with E-state index < -0.39 is 12.1 Å². The first-order valence-electron chi connectivity index (χ1n) is 9.96. The third kappa shape index (κ3) is 26.4. The van der Waals surface area contributed by atoms with Crippen LogP contribution in [0.25, 0.3) is 0 Å². The van der Waals surface area contributed by atoms with Gasteiger partial charge in [0.15, 0.2) is 0 Å². The largest absolute Gasteiger partial charge is 0.490 e. The molecule has 0 fully saturated rings. The molecule has 0 heterocycles. The van der Waals surface area contributed by atoms with Crippen molar-refractivity contribution >= 4 is 5.97 Å². The topological polar surface area (TPSA) is 63.3 Å². The molecule has 0 aliphatic carbocycles. The Morgan fingerprint density at radius 1 is 0.786 bits per heavy atom. The van der Waals surface area contributed by atoms with Gasteiger partial charge >= 0.3 is 12.1 Å². The van der Waals surface area contributed by atoms with E-state index in [9.17, 15) is 13.2 Å². The van der Waals surface area contributed by atoms with Gasteiger partial charge in [0, 0.05) is 0 Å². The first kappa shape index (κ1) is 28.4. The summed E-state index contributed by atoms with van der Waals surface area (Å²) in [5.74, 6) is -2.76. The van der Waals surface area contributed by atoms with Crippen LogP contribution in [0, 0.1) is 0 Å². The predicted molar refractivity (Wildman–Crippen MR) is 111 cm³/mol. The summed E-state index contributed by atoms with van der Waals surface area (Å²) in [7, 11) is 0. The van der Waals surface area contributed by atoms with E-state index in [1.54, 1.807) is 0 Å². The number of allylic oxidation sites excluding steroid dienone is 8. The average molecular weight is 404 g/mol. The van der Waals surface area contributed by atoms with Gasteiger partial charge in [-0.25, -0.2) is 4.79 Å². The van der Waals surface area contributed by atoms with Crippen LogP contribution in [-0.4, -0.2) is 23.8 Å². The Bertz CT molecular complexity index is 437. The second kappa shape index (κ2) is 21.5. The number of unbranched alkanes of at least 4 members (excludes halogenated alkanes) is 5. The van der Waals surface area contributed by atoms with Crippen LogP contribution in [0.3, 0.4) is 0 Å². The van der Waals surface area contributed by atoms with Crippen LogP contribution < -0.4 is 5.73 Å². The van der Waals surface area contributed by atoms with E-state index in [1.165, 1.54) is 32.1 Å². The summed E-state index contributed by atoms with van der Waals surface area (Å²) < 4.78 is 31.7. The fourth-order valence-electron chi connectivity index (χ4n) is 1.97. The zero-order valence-electron chi connectivity index (χ0n) is 17.0. The van der Waals surface area contributed by atoms with E-state index in [0.717, 1.165) is 38.6 Å². The number of hydrogen-bond donors (Lipinski definition) is 2. The first-order valence-corrected chi connectivity index (χ1v) is 9.96.